The highest BCUT2D eigenvalue weighted by Crippen LogP contribution is 2.75. The summed E-state index contributed by atoms with van der Waals surface area (Å²) in [5, 5.41) is 28.1. The summed E-state index contributed by atoms with van der Waals surface area (Å²) in [6, 6.07) is -0.165. The van der Waals surface area contributed by atoms with Crippen LogP contribution in [0.25, 0.3) is 0 Å². The van der Waals surface area contributed by atoms with Crippen molar-refractivity contribution in [3.8, 4) is 0 Å². The van der Waals surface area contributed by atoms with Crippen LogP contribution < -0.4 is 11.1 Å². The lowest BCUT2D eigenvalue weighted by molar-refractivity contribution is -0.254. The number of carboxylic acid groups (broad SMARTS) is 1. The van der Waals surface area contributed by atoms with Crippen LogP contribution in [0.2, 0.25) is 0 Å². The minimum atomic E-state index is -0.625. The van der Waals surface area contributed by atoms with Crippen molar-refractivity contribution in [2.24, 2.45) is 62.6 Å². The van der Waals surface area contributed by atoms with Crippen molar-refractivity contribution in [1.82, 2.24) is 25.5 Å². The maximum absolute atomic E-state index is 13.5. The number of nitrogen functional groups attached to an aromatic ring is 1. The summed E-state index contributed by atoms with van der Waals surface area (Å²) < 4.78 is 13.9. The van der Waals surface area contributed by atoms with Gasteiger partial charge in [-0.1, -0.05) is 86.0 Å². The van der Waals surface area contributed by atoms with Crippen LogP contribution in [0.4, 0.5) is 5.95 Å². The lowest BCUT2D eigenvalue weighted by Gasteiger charge is -2.71. The first-order chi connectivity index (χ1) is 23.3. The number of hydrogen-bond donors (Lipinski definition) is 3. The van der Waals surface area contributed by atoms with Gasteiger partial charge in [0.1, 0.15) is 6.04 Å². The first kappa shape index (κ1) is 37.7. The fraction of sp³-hybridized carbons (Fsp3) is 0.900. The molecule has 2 bridgehead atoms. The molecule has 12 atom stereocenters. The first-order valence-electron chi connectivity index (χ1n) is 19.8. The van der Waals surface area contributed by atoms with Crippen LogP contribution in [0.5, 0.6) is 0 Å². The predicted molar refractivity (Wildman–Crippen MR) is 196 cm³/mol. The van der Waals surface area contributed by atoms with Gasteiger partial charge in [-0.05, 0) is 109 Å². The van der Waals surface area contributed by atoms with Crippen LogP contribution in [-0.2, 0) is 14.3 Å². The molecule has 1 aromatic rings. The third kappa shape index (κ3) is 5.34. The fourth-order valence-electron chi connectivity index (χ4n) is 12.6. The summed E-state index contributed by atoms with van der Waals surface area (Å²) in [5.41, 5.74) is 6.14. The van der Waals surface area contributed by atoms with Crippen LogP contribution in [0.3, 0.4) is 0 Å². The zero-order valence-electron chi connectivity index (χ0n) is 33.0. The molecule has 2 heterocycles. The molecule has 0 radical (unpaired) electrons. The van der Waals surface area contributed by atoms with E-state index in [4.69, 9.17) is 15.2 Å². The van der Waals surface area contributed by atoms with E-state index in [-0.39, 0.29) is 50.7 Å². The lowest BCUT2D eigenvalue weighted by Crippen LogP contribution is -2.69. The lowest BCUT2D eigenvalue weighted by atomic mass is 9.34. The van der Waals surface area contributed by atoms with E-state index in [0.717, 1.165) is 51.5 Å². The highest BCUT2D eigenvalue weighted by molar-refractivity contribution is 5.73. The molecule has 0 unspecified atom stereocenters. The molecule has 50 heavy (non-hydrogen) atoms. The summed E-state index contributed by atoms with van der Waals surface area (Å²) in [7, 11) is 0. The second-order valence-corrected chi connectivity index (χ2v) is 19.3. The van der Waals surface area contributed by atoms with Gasteiger partial charge in [-0.25, -0.2) is 0 Å². The van der Waals surface area contributed by atoms with E-state index < -0.39 is 11.9 Å². The number of tetrazole rings is 1. The van der Waals surface area contributed by atoms with E-state index in [9.17, 15) is 9.90 Å². The number of carboxylic acids is 1. The summed E-state index contributed by atoms with van der Waals surface area (Å²) in [4.78, 5) is 15.2. The van der Waals surface area contributed by atoms with E-state index in [1.807, 2.05) is 0 Å². The van der Waals surface area contributed by atoms with Crippen molar-refractivity contribution in [2.75, 3.05) is 32.1 Å². The van der Waals surface area contributed by atoms with Crippen LogP contribution in [0.15, 0.2) is 11.6 Å². The Hall–Kier alpha value is -2.04. The van der Waals surface area contributed by atoms with E-state index in [1.54, 1.807) is 4.80 Å². The molecular weight excluding hydrogens is 628 g/mol. The number of rotatable bonds is 11. The molecule has 0 aromatic carbocycles. The van der Waals surface area contributed by atoms with E-state index >= 15 is 0 Å². The molecular formula is C40H68N6O4. The number of fused-ring (bicyclic) bond motifs is 3. The van der Waals surface area contributed by atoms with Gasteiger partial charge in [0.2, 0.25) is 0 Å². The molecule has 4 N–H and O–H groups in total. The molecule has 10 heteroatoms. The van der Waals surface area contributed by atoms with E-state index in [0.29, 0.717) is 49.4 Å². The monoisotopic (exact) mass is 697 g/mol. The number of allylic oxidation sites excluding steroid dienone is 1. The van der Waals surface area contributed by atoms with Crippen LogP contribution in [0, 0.1) is 62.6 Å². The Labute approximate surface area is 301 Å². The van der Waals surface area contributed by atoms with Gasteiger partial charge in [-0.15, -0.1) is 5.10 Å². The van der Waals surface area contributed by atoms with Gasteiger partial charge in [-0.2, -0.15) is 4.80 Å². The average Bonchev–Trinajstić information content (AvgIpc) is 3.48. The molecule has 3 saturated carbocycles. The van der Waals surface area contributed by atoms with Crippen molar-refractivity contribution in [2.45, 2.75) is 139 Å². The number of aliphatic carboxylic acids is 1. The number of ether oxygens (including phenoxy) is 2. The number of carbonyl (C=O) groups is 1. The summed E-state index contributed by atoms with van der Waals surface area (Å²) in [6.45, 7) is 28.0. The summed E-state index contributed by atoms with van der Waals surface area (Å²) in [6.07, 6.45) is 9.03. The Bertz CT molecular complexity index is 1460. The third-order valence-electron chi connectivity index (χ3n) is 16.4. The largest absolute Gasteiger partial charge is 0.481 e. The number of aromatic nitrogens is 4. The normalized spacial score (nSPS) is 43.0. The molecule has 5 aliphatic rings. The number of nitrogens with one attached hydrogen (secondary N) is 1. The standard InChI is InChI=1S/C40H68N6O4/c1-12-19-42-39(11,25(4)5)22-50-32-29(46-44-34(41)43-45-46)20-40-23-49-21-36(32,8)30(40)14-13-27-28(40)15-16-38(10)31(33(47)48)35(7,26(6)24(2)3)17-18-37(27,38)9/h15,24-27,29-32,42H,12-14,16-23H2,1-11H3,(H2,41,44)(H,47,48)/t26-,27+,29-,30+,31-,32+,35-,36+,37-,38+,39+,40+/m1/s1. The molecule has 1 aliphatic heterocycles. The smallest absolute Gasteiger partial charge is 0.307 e. The van der Waals surface area contributed by atoms with E-state index in [2.05, 4.69) is 103 Å². The third-order valence-corrected chi connectivity index (χ3v) is 16.4. The van der Waals surface area contributed by atoms with Gasteiger partial charge < -0.3 is 25.6 Å². The van der Waals surface area contributed by atoms with Crippen molar-refractivity contribution < 1.29 is 19.4 Å². The Kier molecular flexibility index (Phi) is 9.67. The number of anilines is 1. The average molecular weight is 697 g/mol. The highest BCUT2D eigenvalue weighted by Gasteiger charge is 2.72. The molecule has 1 aromatic heterocycles. The second kappa shape index (κ2) is 12.8. The van der Waals surface area contributed by atoms with Gasteiger partial charge >= 0.3 is 5.97 Å². The second-order valence-electron chi connectivity index (χ2n) is 19.3. The Morgan fingerprint density at radius 1 is 1.14 bits per heavy atom. The van der Waals surface area contributed by atoms with Crippen LogP contribution in [-0.4, -0.2) is 69.3 Å². The van der Waals surface area contributed by atoms with Gasteiger partial charge in [0.05, 0.1) is 31.8 Å². The molecule has 4 aliphatic carbocycles. The summed E-state index contributed by atoms with van der Waals surface area (Å²) >= 11 is 0. The van der Waals surface area contributed by atoms with Gasteiger partial charge in [0.15, 0.2) is 0 Å². The van der Waals surface area contributed by atoms with Crippen LogP contribution in [0.1, 0.15) is 127 Å². The predicted octanol–water partition coefficient (Wildman–Crippen LogP) is 7.18. The number of nitrogens with two attached hydrogens (primary N) is 1. The molecule has 4 fully saturated rings. The summed E-state index contributed by atoms with van der Waals surface area (Å²) in [5.74, 6) is 0.894. The Balaban J connectivity index is 1.42. The van der Waals surface area contributed by atoms with Crippen molar-refractivity contribution >= 4 is 11.9 Å². The zero-order valence-corrected chi connectivity index (χ0v) is 33.0. The molecule has 1 saturated heterocycles. The van der Waals surface area contributed by atoms with Gasteiger partial charge in [-0.3, -0.25) is 4.79 Å². The topological polar surface area (TPSA) is 137 Å². The Morgan fingerprint density at radius 3 is 2.46 bits per heavy atom. The van der Waals surface area contributed by atoms with Gasteiger partial charge in [0, 0.05) is 16.4 Å². The van der Waals surface area contributed by atoms with Crippen molar-refractivity contribution in [1.29, 1.82) is 0 Å². The minimum absolute atomic E-state index is 0.146. The highest BCUT2D eigenvalue weighted by atomic mass is 16.5. The molecule has 6 rings (SSSR count). The quantitative estimate of drug-likeness (QED) is 0.205. The molecule has 0 amide bonds. The minimum Gasteiger partial charge on any atom is -0.481 e. The van der Waals surface area contributed by atoms with E-state index in [1.165, 1.54) is 5.57 Å². The molecule has 10 nitrogen and oxygen atoms in total. The van der Waals surface area contributed by atoms with Gasteiger partial charge in [0.25, 0.3) is 5.95 Å². The number of hydrogen-bond acceptors (Lipinski definition) is 8. The maximum Gasteiger partial charge on any atom is 0.307 e. The first-order valence-corrected chi connectivity index (χ1v) is 19.8. The fourth-order valence-corrected chi connectivity index (χ4v) is 12.6. The van der Waals surface area contributed by atoms with Crippen molar-refractivity contribution in [3.63, 3.8) is 0 Å². The Morgan fingerprint density at radius 2 is 1.86 bits per heavy atom. The van der Waals surface area contributed by atoms with Crippen LogP contribution >= 0.6 is 0 Å². The zero-order chi connectivity index (χ0) is 36.7. The number of nitrogens with zero attached hydrogens (tertiary/aromatic N) is 4. The molecule has 0 spiro atoms. The maximum atomic E-state index is 13.5. The SMILES string of the molecule is CCCN[C@@](C)(CO[C@H]1[C@H](n2nnc(N)n2)C[C@@]23COC[C@@]1(C)[C@@H]2CC[C@H]1C3=CC[C@@]2(C)[C@H](C(=O)O)[C@@](C)([C@H](C)C(C)C)CC[C@]12C)C(C)C. The van der Waals surface area contributed by atoms with Crippen molar-refractivity contribution in [3.05, 3.63) is 11.6 Å². The molecule has 282 valence electrons.